The summed E-state index contributed by atoms with van der Waals surface area (Å²) in [6.45, 7) is 0.101. The minimum Gasteiger partial charge on any atom is -0.348 e. The van der Waals surface area contributed by atoms with Crippen LogP contribution in [-0.2, 0) is 9.59 Å². The molecule has 0 saturated carbocycles. The lowest BCUT2D eigenvalue weighted by molar-refractivity contribution is -0.131. The van der Waals surface area contributed by atoms with Crippen molar-refractivity contribution < 1.29 is 14.0 Å². The van der Waals surface area contributed by atoms with Crippen molar-refractivity contribution in [2.24, 2.45) is 0 Å². The van der Waals surface area contributed by atoms with Crippen LogP contribution in [0, 0.1) is 5.82 Å². The van der Waals surface area contributed by atoms with Crippen molar-refractivity contribution >= 4 is 17.5 Å². The summed E-state index contributed by atoms with van der Waals surface area (Å²) in [5.41, 5.74) is 1.27. The van der Waals surface area contributed by atoms with Crippen molar-refractivity contribution in [2.45, 2.75) is 6.04 Å². The van der Waals surface area contributed by atoms with Gasteiger partial charge >= 0.3 is 0 Å². The van der Waals surface area contributed by atoms with E-state index in [1.54, 1.807) is 26.0 Å². The molecule has 25 heavy (non-hydrogen) atoms. The lowest BCUT2D eigenvalue weighted by Gasteiger charge is -2.28. The molecule has 1 atom stereocenters. The molecule has 0 bridgehead atoms. The van der Waals surface area contributed by atoms with Crippen molar-refractivity contribution in [1.82, 2.24) is 9.80 Å². The molecule has 0 saturated heterocycles. The zero-order valence-electron chi connectivity index (χ0n) is 14.6. The standard InChI is InChI=1S/C19H22FN3O2/c1-22(2)17(24)13-23(3)18(14-7-5-4-6-8-14)19(25)21-16-11-9-15(20)10-12-16/h4-12,18H,13H2,1-3H3,(H,21,25)/t18-/m1/s1. The van der Waals surface area contributed by atoms with Crippen molar-refractivity contribution in [3.05, 3.63) is 66.0 Å². The summed E-state index contributed by atoms with van der Waals surface area (Å²) in [5.74, 6) is -0.754. The molecule has 0 aliphatic heterocycles. The Labute approximate surface area is 147 Å². The predicted molar refractivity (Wildman–Crippen MR) is 95.5 cm³/mol. The Kier molecular flexibility index (Phi) is 6.25. The molecule has 132 valence electrons. The molecular formula is C19H22FN3O2. The highest BCUT2D eigenvalue weighted by molar-refractivity contribution is 5.95. The number of carbonyl (C=O) groups excluding carboxylic acids is 2. The lowest BCUT2D eigenvalue weighted by atomic mass is 10.0. The van der Waals surface area contributed by atoms with E-state index >= 15 is 0 Å². The molecule has 0 heterocycles. The topological polar surface area (TPSA) is 52.7 Å². The fourth-order valence-electron chi connectivity index (χ4n) is 2.43. The van der Waals surface area contributed by atoms with Crippen molar-refractivity contribution in [1.29, 1.82) is 0 Å². The Hall–Kier alpha value is -2.73. The first kappa shape index (κ1) is 18.6. The largest absolute Gasteiger partial charge is 0.348 e. The lowest BCUT2D eigenvalue weighted by Crippen LogP contribution is -2.41. The highest BCUT2D eigenvalue weighted by atomic mass is 19.1. The van der Waals surface area contributed by atoms with Gasteiger partial charge in [0.2, 0.25) is 11.8 Å². The highest BCUT2D eigenvalue weighted by Gasteiger charge is 2.27. The summed E-state index contributed by atoms with van der Waals surface area (Å²) in [6, 6.07) is 14.2. The first-order chi connectivity index (χ1) is 11.9. The zero-order valence-corrected chi connectivity index (χ0v) is 14.6. The van der Waals surface area contributed by atoms with E-state index in [4.69, 9.17) is 0 Å². The molecule has 2 amide bonds. The average molecular weight is 343 g/mol. The number of nitrogens with zero attached hydrogens (tertiary/aromatic N) is 2. The predicted octanol–water partition coefficient (Wildman–Crippen LogP) is 2.53. The van der Waals surface area contributed by atoms with Gasteiger partial charge in [-0.1, -0.05) is 30.3 Å². The van der Waals surface area contributed by atoms with Crippen LogP contribution in [0.3, 0.4) is 0 Å². The molecule has 0 radical (unpaired) electrons. The van der Waals surface area contributed by atoms with E-state index in [2.05, 4.69) is 5.32 Å². The van der Waals surface area contributed by atoms with Gasteiger partial charge in [-0.2, -0.15) is 0 Å². The molecule has 0 spiro atoms. The van der Waals surface area contributed by atoms with E-state index < -0.39 is 6.04 Å². The monoisotopic (exact) mass is 343 g/mol. The zero-order chi connectivity index (χ0) is 18.4. The van der Waals surface area contributed by atoms with Gasteiger partial charge in [0.25, 0.3) is 0 Å². The quantitative estimate of drug-likeness (QED) is 0.877. The first-order valence-electron chi connectivity index (χ1n) is 7.90. The van der Waals surface area contributed by atoms with Gasteiger partial charge in [0.15, 0.2) is 0 Å². The van der Waals surface area contributed by atoms with Crippen LogP contribution in [0.2, 0.25) is 0 Å². The second-order valence-electron chi connectivity index (χ2n) is 6.01. The van der Waals surface area contributed by atoms with Crippen LogP contribution < -0.4 is 5.32 Å². The fourth-order valence-corrected chi connectivity index (χ4v) is 2.43. The van der Waals surface area contributed by atoms with Crippen LogP contribution in [-0.4, -0.2) is 49.3 Å². The highest BCUT2D eigenvalue weighted by Crippen LogP contribution is 2.22. The van der Waals surface area contributed by atoms with E-state index in [0.717, 1.165) is 5.56 Å². The summed E-state index contributed by atoms with van der Waals surface area (Å²) in [7, 11) is 5.07. The number of amides is 2. The SMILES string of the molecule is CN(C)C(=O)CN(C)[C@@H](C(=O)Nc1ccc(F)cc1)c1ccccc1. The number of anilines is 1. The van der Waals surface area contributed by atoms with Crippen LogP contribution in [0.15, 0.2) is 54.6 Å². The summed E-state index contributed by atoms with van der Waals surface area (Å²) in [6.07, 6.45) is 0. The number of nitrogens with one attached hydrogen (secondary N) is 1. The van der Waals surface area contributed by atoms with Crippen LogP contribution in [0.25, 0.3) is 0 Å². The summed E-state index contributed by atoms with van der Waals surface area (Å²) in [4.78, 5) is 28.0. The molecule has 5 nitrogen and oxygen atoms in total. The summed E-state index contributed by atoms with van der Waals surface area (Å²) >= 11 is 0. The van der Waals surface area contributed by atoms with Crippen molar-refractivity contribution in [3.8, 4) is 0 Å². The van der Waals surface area contributed by atoms with Gasteiger partial charge in [-0.3, -0.25) is 14.5 Å². The van der Waals surface area contributed by atoms with Gasteiger partial charge in [0, 0.05) is 19.8 Å². The van der Waals surface area contributed by atoms with Gasteiger partial charge < -0.3 is 10.2 Å². The van der Waals surface area contributed by atoms with E-state index in [-0.39, 0.29) is 24.2 Å². The van der Waals surface area contributed by atoms with Crippen LogP contribution in [0.4, 0.5) is 10.1 Å². The smallest absolute Gasteiger partial charge is 0.246 e. The van der Waals surface area contributed by atoms with Crippen molar-refractivity contribution in [3.63, 3.8) is 0 Å². The fraction of sp³-hybridized carbons (Fsp3) is 0.263. The van der Waals surface area contributed by atoms with E-state index in [0.29, 0.717) is 5.69 Å². The van der Waals surface area contributed by atoms with Crippen LogP contribution >= 0.6 is 0 Å². The Balaban J connectivity index is 2.23. The molecular weight excluding hydrogens is 321 g/mol. The number of hydrogen-bond donors (Lipinski definition) is 1. The van der Waals surface area contributed by atoms with E-state index in [9.17, 15) is 14.0 Å². The third kappa shape index (κ3) is 5.12. The molecule has 1 N–H and O–H groups in total. The minimum atomic E-state index is -0.643. The molecule has 0 aliphatic carbocycles. The van der Waals surface area contributed by atoms with E-state index in [1.165, 1.54) is 29.2 Å². The van der Waals surface area contributed by atoms with Gasteiger partial charge in [-0.05, 0) is 36.9 Å². The second-order valence-corrected chi connectivity index (χ2v) is 6.01. The number of hydrogen-bond acceptors (Lipinski definition) is 3. The third-order valence-electron chi connectivity index (χ3n) is 3.80. The first-order valence-corrected chi connectivity index (χ1v) is 7.90. The Morgan fingerprint density at radius 2 is 1.60 bits per heavy atom. The third-order valence-corrected chi connectivity index (χ3v) is 3.80. The maximum Gasteiger partial charge on any atom is 0.246 e. The number of likely N-dealkylation sites (N-methyl/N-ethyl adjacent to an activating group) is 2. The van der Waals surface area contributed by atoms with Gasteiger partial charge in [-0.15, -0.1) is 0 Å². The van der Waals surface area contributed by atoms with Gasteiger partial charge in [0.05, 0.1) is 6.54 Å². The molecule has 0 aliphatic rings. The normalized spacial score (nSPS) is 11.9. The molecule has 0 fully saturated rings. The maximum absolute atomic E-state index is 13.0. The summed E-state index contributed by atoms with van der Waals surface area (Å²) < 4.78 is 13.0. The number of carbonyl (C=O) groups is 2. The molecule has 2 aromatic carbocycles. The summed E-state index contributed by atoms with van der Waals surface area (Å²) in [5, 5.41) is 2.78. The molecule has 2 rings (SSSR count). The van der Waals surface area contributed by atoms with Crippen molar-refractivity contribution in [2.75, 3.05) is 33.0 Å². The molecule has 2 aromatic rings. The number of halogens is 1. The van der Waals surface area contributed by atoms with Gasteiger partial charge in [-0.25, -0.2) is 4.39 Å². The maximum atomic E-state index is 13.0. The molecule has 6 heteroatoms. The minimum absolute atomic E-state index is 0.0991. The van der Waals surface area contributed by atoms with Gasteiger partial charge in [0.1, 0.15) is 11.9 Å². The Morgan fingerprint density at radius 1 is 1.00 bits per heavy atom. The number of benzene rings is 2. The van der Waals surface area contributed by atoms with Crippen LogP contribution in [0.1, 0.15) is 11.6 Å². The van der Waals surface area contributed by atoms with E-state index in [1.807, 2.05) is 30.3 Å². The molecule has 0 unspecified atom stereocenters. The Bertz CT molecular complexity index is 717. The number of rotatable bonds is 6. The second kappa shape index (κ2) is 8.39. The average Bonchev–Trinajstić information content (AvgIpc) is 2.58. The molecule has 0 aromatic heterocycles. The Morgan fingerprint density at radius 3 is 2.16 bits per heavy atom. The van der Waals surface area contributed by atoms with Crippen LogP contribution in [0.5, 0.6) is 0 Å².